The molecule has 0 fully saturated rings. The minimum absolute atomic E-state index is 0.0455. The van der Waals surface area contributed by atoms with Crippen LogP contribution in [0, 0.1) is 0 Å². The van der Waals surface area contributed by atoms with Gasteiger partial charge in [-0.05, 0) is 13.3 Å². The van der Waals surface area contributed by atoms with Gasteiger partial charge in [0.05, 0.1) is 13.0 Å². The first-order valence-electron chi connectivity index (χ1n) is 5.91. The van der Waals surface area contributed by atoms with Gasteiger partial charge in [0.15, 0.2) is 0 Å². The minimum Gasteiger partial charge on any atom is -0.466 e. The topological polar surface area (TPSA) is 43.4 Å². The average molecular weight is 249 g/mol. The van der Waals surface area contributed by atoms with Crippen LogP contribution in [0.1, 0.15) is 52.4 Å². The Morgan fingerprint density at radius 2 is 1.94 bits per heavy atom. The molecule has 16 heavy (non-hydrogen) atoms. The first kappa shape index (κ1) is 15.4. The summed E-state index contributed by atoms with van der Waals surface area (Å²) >= 11 is 5.99. The van der Waals surface area contributed by atoms with Crippen LogP contribution in [0.4, 0.5) is 0 Å². The Balaban J connectivity index is 3.61. The zero-order valence-corrected chi connectivity index (χ0v) is 10.9. The fourth-order valence-electron chi connectivity index (χ4n) is 1.35. The number of carbonyl (C=O) groups is 2. The maximum atomic E-state index is 11.4. The number of hydrogen-bond donors (Lipinski definition) is 0. The van der Waals surface area contributed by atoms with Gasteiger partial charge in [-0.3, -0.25) is 9.59 Å². The molecule has 0 rings (SSSR count). The summed E-state index contributed by atoms with van der Waals surface area (Å²) in [7, 11) is 0. The van der Waals surface area contributed by atoms with E-state index in [4.69, 9.17) is 16.3 Å². The highest BCUT2D eigenvalue weighted by Crippen LogP contribution is 2.13. The number of carbonyl (C=O) groups excluding carboxylic acids is 2. The lowest BCUT2D eigenvalue weighted by Crippen LogP contribution is -2.11. The molecule has 0 heterocycles. The molecular formula is C12H21ClO3. The summed E-state index contributed by atoms with van der Waals surface area (Å²) in [6.45, 7) is 4.20. The lowest BCUT2D eigenvalue weighted by atomic mass is 10.1. The van der Waals surface area contributed by atoms with Crippen molar-refractivity contribution >= 4 is 23.4 Å². The second-order valence-electron chi connectivity index (χ2n) is 3.79. The van der Waals surface area contributed by atoms with Crippen LogP contribution >= 0.6 is 11.6 Å². The van der Waals surface area contributed by atoms with Crippen LogP contribution in [0.25, 0.3) is 0 Å². The lowest BCUT2D eigenvalue weighted by Gasteiger charge is -2.07. The summed E-state index contributed by atoms with van der Waals surface area (Å²) in [6, 6.07) is 0. The van der Waals surface area contributed by atoms with Crippen LogP contribution in [-0.2, 0) is 14.3 Å². The normalized spacial score (nSPS) is 12.2. The smallest absolute Gasteiger partial charge is 0.306 e. The second kappa shape index (κ2) is 9.64. The van der Waals surface area contributed by atoms with Crippen molar-refractivity contribution in [1.29, 1.82) is 0 Å². The van der Waals surface area contributed by atoms with Gasteiger partial charge < -0.3 is 4.74 Å². The summed E-state index contributed by atoms with van der Waals surface area (Å²) in [4.78, 5) is 22.4. The number of ketones is 1. The van der Waals surface area contributed by atoms with E-state index in [0.717, 1.165) is 19.3 Å². The molecule has 1 atom stereocenters. The Kier molecular flexibility index (Phi) is 9.30. The number of esters is 1. The molecule has 94 valence electrons. The van der Waals surface area contributed by atoms with Gasteiger partial charge in [-0.25, -0.2) is 0 Å². The van der Waals surface area contributed by atoms with Crippen molar-refractivity contribution < 1.29 is 14.3 Å². The molecule has 0 aromatic heterocycles. The highest BCUT2D eigenvalue weighted by Gasteiger charge is 2.12. The maximum absolute atomic E-state index is 11.4. The number of rotatable bonds is 9. The van der Waals surface area contributed by atoms with E-state index in [1.54, 1.807) is 6.92 Å². The van der Waals surface area contributed by atoms with Gasteiger partial charge in [-0.15, -0.1) is 11.6 Å². The largest absolute Gasteiger partial charge is 0.466 e. The highest BCUT2D eigenvalue weighted by molar-refractivity contribution is 6.21. The molecule has 0 amide bonds. The molecule has 0 aromatic rings. The fourth-order valence-corrected chi connectivity index (χ4v) is 1.68. The van der Waals surface area contributed by atoms with Crippen LogP contribution in [0.2, 0.25) is 0 Å². The van der Waals surface area contributed by atoms with Gasteiger partial charge in [0.2, 0.25) is 0 Å². The fraction of sp³-hybridized carbons (Fsp3) is 0.833. The van der Waals surface area contributed by atoms with Gasteiger partial charge in [-0.2, -0.15) is 0 Å². The molecule has 4 heteroatoms. The number of unbranched alkanes of at least 4 members (excludes halogenated alkanes) is 1. The van der Waals surface area contributed by atoms with E-state index in [1.807, 2.05) is 0 Å². The number of hydrogen-bond acceptors (Lipinski definition) is 3. The molecule has 0 aliphatic heterocycles. The quantitative estimate of drug-likeness (QED) is 0.465. The third-order valence-corrected chi connectivity index (χ3v) is 2.61. The SMILES string of the molecule is CCCCC(Cl)CC(=O)CCC(=O)OCC. The molecule has 0 saturated heterocycles. The predicted molar refractivity (Wildman–Crippen MR) is 64.7 cm³/mol. The van der Waals surface area contributed by atoms with Gasteiger partial charge in [0.25, 0.3) is 0 Å². The van der Waals surface area contributed by atoms with Crippen molar-refractivity contribution in [3.05, 3.63) is 0 Å². The first-order valence-corrected chi connectivity index (χ1v) is 6.35. The van der Waals surface area contributed by atoms with Crippen LogP contribution in [0.15, 0.2) is 0 Å². The van der Waals surface area contributed by atoms with Crippen molar-refractivity contribution in [1.82, 2.24) is 0 Å². The number of alkyl halides is 1. The first-order chi connectivity index (χ1) is 7.60. The summed E-state index contributed by atoms with van der Waals surface area (Å²) < 4.78 is 4.74. The van der Waals surface area contributed by atoms with Crippen LogP contribution < -0.4 is 0 Å². The van der Waals surface area contributed by atoms with Crippen LogP contribution in [0.3, 0.4) is 0 Å². The Morgan fingerprint density at radius 1 is 1.25 bits per heavy atom. The summed E-state index contributed by atoms with van der Waals surface area (Å²) in [5, 5.41) is -0.0883. The molecule has 3 nitrogen and oxygen atoms in total. The second-order valence-corrected chi connectivity index (χ2v) is 4.40. The summed E-state index contributed by atoms with van der Waals surface area (Å²) in [5.74, 6) is -0.264. The molecule has 0 spiro atoms. The van der Waals surface area contributed by atoms with Crippen LogP contribution in [-0.4, -0.2) is 23.7 Å². The highest BCUT2D eigenvalue weighted by atomic mass is 35.5. The van der Waals surface area contributed by atoms with E-state index in [9.17, 15) is 9.59 Å². The van der Waals surface area contributed by atoms with E-state index in [-0.39, 0.29) is 30.0 Å². The van der Waals surface area contributed by atoms with E-state index in [1.165, 1.54) is 0 Å². The van der Waals surface area contributed by atoms with Crippen molar-refractivity contribution in [2.75, 3.05) is 6.61 Å². The zero-order valence-electron chi connectivity index (χ0n) is 10.1. The van der Waals surface area contributed by atoms with Gasteiger partial charge in [-0.1, -0.05) is 19.8 Å². The third-order valence-electron chi connectivity index (χ3n) is 2.23. The van der Waals surface area contributed by atoms with E-state index in [2.05, 4.69) is 6.92 Å². The summed E-state index contributed by atoms with van der Waals surface area (Å²) in [5.41, 5.74) is 0. The lowest BCUT2D eigenvalue weighted by molar-refractivity contribution is -0.144. The van der Waals surface area contributed by atoms with Crippen molar-refractivity contribution in [2.24, 2.45) is 0 Å². The molecule has 0 aliphatic carbocycles. The molecule has 0 aromatic carbocycles. The Bertz CT molecular complexity index is 216. The molecular weight excluding hydrogens is 228 g/mol. The van der Waals surface area contributed by atoms with Crippen molar-refractivity contribution in [3.63, 3.8) is 0 Å². The standard InChI is InChI=1S/C12H21ClO3/c1-3-5-6-10(13)9-11(14)7-8-12(15)16-4-2/h10H,3-9H2,1-2H3. The number of halogens is 1. The number of ether oxygens (including phenoxy) is 1. The zero-order chi connectivity index (χ0) is 12.4. The van der Waals surface area contributed by atoms with E-state index < -0.39 is 0 Å². The monoisotopic (exact) mass is 248 g/mol. The third kappa shape index (κ3) is 8.72. The van der Waals surface area contributed by atoms with Crippen LogP contribution in [0.5, 0.6) is 0 Å². The van der Waals surface area contributed by atoms with Gasteiger partial charge in [0, 0.05) is 18.2 Å². The molecule has 0 N–H and O–H groups in total. The Labute approximate surface area is 102 Å². The summed E-state index contributed by atoms with van der Waals surface area (Å²) in [6.07, 6.45) is 3.77. The Morgan fingerprint density at radius 3 is 2.50 bits per heavy atom. The molecule has 1 unspecified atom stereocenters. The van der Waals surface area contributed by atoms with E-state index in [0.29, 0.717) is 13.0 Å². The predicted octanol–water partition coefficient (Wildman–Crippen LogP) is 3.09. The Hall–Kier alpha value is -0.570. The minimum atomic E-state index is -0.310. The average Bonchev–Trinajstić information content (AvgIpc) is 2.24. The van der Waals surface area contributed by atoms with E-state index >= 15 is 0 Å². The maximum Gasteiger partial charge on any atom is 0.306 e. The number of Topliss-reactive ketones (excluding diaryl/α,β-unsaturated/α-hetero) is 1. The molecule has 0 saturated carbocycles. The molecule has 0 radical (unpaired) electrons. The molecule has 0 aliphatic rings. The van der Waals surface area contributed by atoms with Gasteiger partial charge >= 0.3 is 5.97 Å². The molecule has 0 bridgehead atoms. The van der Waals surface area contributed by atoms with Crippen molar-refractivity contribution in [3.8, 4) is 0 Å². The van der Waals surface area contributed by atoms with Crippen molar-refractivity contribution in [2.45, 2.75) is 57.7 Å². The van der Waals surface area contributed by atoms with Gasteiger partial charge in [0.1, 0.15) is 5.78 Å².